The van der Waals surface area contributed by atoms with Crippen LogP contribution in [0.5, 0.6) is 0 Å². The minimum absolute atomic E-state index is 0.124. The van der Waals surface area contributed by atoms with Gasteiger partial charge in [0.1, 0.15) is 5.56 Å². The fourth-order valence-corrected chi connectivity index (χ4v) is 5.63. The van der Waals surface area contributed by atoms with Gasteiger partial charge in [-0.3, -0.25) is 14.3 Å². The Bertz CT molecular complexity index is 1110. The molecule has 2 aliphatic carbocycles. The highest BCUT2D eigenvalue weighted by molar-refractivity contribution is 6.30. The first-order chi connectivity index (χ1) is 15.9. The summed E-state index contributed by atoms with van der Waals surface area (Å²) in [6.07, 6.45) is 7.21. The van der Waals surface area contributed by atoms with Gasteiger partial charge in [-0.1, -0.05) is 18.0 Å². The van der Waals surface area contributed by atoms with Crippen LogP contribution in [0.25, 0.3) is 0 Å². The average Bonchev–Trinajstić information content (AvgIpc) is 3.16. The van der Waals surface area contributed by atoms with Gasteiger partial charge in [-0.15, -0.1) is 0 Å². The van der Waals surface area contributed by atoms with Crippen molar-refractivity contribution >= 4 is 34.9 Å². The van der Waals surface area contributed by atoms with Crippen molar-refractivity contribution in [2.24, 2.45) is 23.0 Å². The summed E-state index contributed by atoms with van der Waals surface area (Å²) in [5.74, 6) is -0.560. The van der Waals surface area contributed by atoms with Gasteiger partial charge in [-0.05, 0) is 56.4 Å². The topological polar surface area (TPSA) is 117 Å². The van der Waals surface area contributed by atoms with Crippen molar-refractivity contribution in [2.75, 3.05) is 18.4 Å². The molecule has 2 saturated carbocycles. The molecule has 1 spiro atoms. The number of nitrogens with zero attached hydrogens (tertiary/aromatic N) is 4. The van der Waals surface area contributed by atoms with Crippen molar-refractivity contribution in [1.29, 1.82) is 5.26 Å². The van der Waals surface area contributed by atoms with Crippen molar-refractivity contribution in [1.82, 2.24) is 14.7 Å². The molecule has 5 rings (SSSR count). The molecule has 3 atom stereocenters. The molecule has 8 nitrogen and oxygen atoms in total. The number of nitriles is 1. The van der Waals surface area contributed by atoms with Gasteiger partial charge in [-0.2, -0.15) is 10.4 Å². The van der Waals surface area contributed by atoms with Crippen LogP contribution in [0.3, 0.4) is 0 Å². The van der Waals surface area contributed by atoms with E-state index in [4.69, 9.17) is 17.3 Å². The van der Waals surface area contributed by atoms with E-state index >= 15 is 0 Å². The Morgan fingerprint density at radius 1 is 1.21 bits per heavy atom. The number of primary amides is 1. The third-order valence-electron chi connectivity index (χ3n) is 7.55. The van der Waals surface area contributed by atoms with Gasteiger partial charge < -0.3 is 16.0 Å². The van der Waals surface area contributed by atoms with Crippen LogP contribution in [0.1, 0.15) is 54.9 Å². The molecule has 3 N–H and O–H groups in total. The molecule has 2 aromatic rings. The standard InChI is InChI=1S/C24H27ClN6O2/c25-17-3-5-18(6-4-17)28-22-19(21(27)32)12-31(29-22)20-7-2-15(10-16(20)11-26)23(33)30-13-24(14-30)8-1-9-24/h3-6,12,15-16,20H,1-2,7-10,13-14H2,(H2,27,32)(H,28,29)/t15-,16+,20-/m0/s1. The molecule has 2 heterocycles. The van der Waals surface area contributed by atoms with Crippen molar-refractivity contribution in [3.05, 3.63) is 41.0 Å². The number of carbonyl (C=O) groups excluding carboxylic acids is 2. The summed E-state index contributed by atoms with van der Waals surface area (Å²) in [5.41, 5.74) is 6.96. The number of nitrogens with two attached hydrogens (primary N) is 1. The van der Waals surface area contributed by atoms with E-state index in [-0.39, 0.29) is 29.3 Å². The zero-order chi connectivity index (χ0) is 23.2. The van der Waals surface area contributed by atoms with Crippen LogP contribution in [0.2, 0.25) is 5.02 Å². The third kappa shape index (κ3) is 4.06. The number of aromatic nitrogens is 2. The van der Waals surface area contributed by atoms with Gasteiger partial charge in [-0.25, -0.2) is 0 Å². The van der Waals surface area contributed by atoms with E-state index in [1.54, 1.807) is 35.1 Å². The Labute approximate surface area is 197 Å². The Hall–Kier alpha value is -3.05. The van der Waals surface area contributed by atoms with Crippen molar-refractivity contribution in [2.45, 2.75) is 44.6 Å². The van der Waals surface area contributed by atoms with Crippen molar-refractivity contribution < 1.29 is 9.59 Å². The smallest absolute Gasteiger partial charge is 0.254 e. The van der Waals surface area contributed by atoms with E-state index in [1.807, 2.05) is 4.90 Å². The number of halogens is 1. The summed E-state index contributed by atoms with van der Waals surface area (Å²) in [6.45, 7) is 1.76. The predicted molar refractivity (Wildman–Crippen MR) is 124 cm³/mol. The lowest BCUT2D eigenvalue weighted by molar-refractivity contribution is -0.155. The summed E-state index contributed by atoms with van der Waals surface area (Å²) < 4.78 is 1.67. The fourth-order valence-electron chi connectivity index (χ4n) is 5.51. The first-order valence-corrected chi connectivity index (χ1v) is 11.9. The number of benzene rings is 1. The van der Waals surface area contributed by atoms with Gasteiger partial charge in [0, 0.05) is 41.3 Å². The van der Waals surface area contributed by atoms with E-state index in [2.05, 4.69) is 16.5 Å². The Balaban J connectivity index is 1.29. The summed E-state index contributed by atoms with van der Waals surface area (Å²) in [7, 11) is 0. The maximum absolute atomic E-state index is 13.0. The maximum Gasteiger partial charge on any atom is 0.254 e. The lowest BCUT2D eigenvalue weighted by atomic mass is 9.63. The Morgan fingerprint density at radius 2 is 1.94 bits per heavy atom. The molecule has 1 aliphatic heterocycles. The molecule has 9 heteroatoms. The average molecular weight is 467 g/mol. The van der Waals surface area contributed by atoms with Crippen LogP contribution < -0.4 is 11.1 Å². The van der Waals surface area contributed by atoms with Crippen LogP contribution >= 0.6 is 11.6 Å². The first kappa shape index (κ1) is 21.8. The second-order valence-electron chi connectivity index (χ2n) is 9.73. The Kier molecular flexibility index (Phi) is 5.53. The van der Waals surface area contributed by atoms with Crippen LogP contribution in [-0.2, 0) is 4.79 Å². The van der Waals surface area contributed by atoms with E-state index in [0.717, 1.165) is 18.8 Å². The SMILES string of the molecule is N#C[C@H]1C[C@@H](C(=O)N2CC3(CCC3)C2)CC[C@@H]1n1cc(C(N)=O)c(Nc2ccc(Cl)cc2)n1. The van der Waals surface area contributed by atoms with Crippen LogP contribution in [-0.4, -0.2) is 39.6 Å². The molecular weight excluding hydrogens is 440 g/mol. The minimum atomic E-state index is -0.599. The largest absolute Gasteiger partial charge is 0.365 e. The number of amides is 2. The van der Waals surface area contributed by atoms with E-state index < -0.39 is 5.91 Å². The van der Waals surface area contributed by atoms with Crippen LogP contribution in [0.15, 0.2) is 30.5 Å². The van der Waals surface area contributed by atoms with Crippen molar-refractivity contribution in [3.8, 4) is 6.07 Å². The molecule has 1 saturated heterocycles. The lowest BCUT2D eigenvalue weighted by Gasteiger charge is -2.56. The summed E-state index contributed by atoms with van der Waals surface area (Å²) >= 11 is 5.95. The van der Waals surface area contributed by atoms with Gasteiger partial charge in [0.15, 0.2) is 5.82 Å². The van der Waals surface area contributed by atoms with Gasteiger partial charge in [0.2, 0.25) is 5.91 Å². The zero-order valence-electron chi connectivity index (χ0n) is 18.3. The summed E-state index contributed by atoms with van der Waals surface area (Å²) in [6, 6.07) is 9.20. The highest BCUT2D eigenvalue weighted by Crippen LogP contribution is 2.49. The molecule has 0 radical (unpaired) electrons. The molecule has 3 aliphatic rings. The predicted octanol–water partition coefficient (Wildman–Crippen LogP) is 3.87. The zero-order valence-corrected chi connectivity index (χ0v) is 19.1. The first-order valence-electron chi connectivity index (χ1n) is 11.5. The molecule has 33 heavy (non-hydrogen) atoms. The highest BCUT2D eigenvalue weighted by atomic mass is 35.5. The molecule has 0 bridgehead atoms. The molecule has 3 fully saturated rings. The lowest BCUT2D eigenvalue weighted by Crippen LogP contribution is -2.62. The number of likely N-dealkylation sites (tertiary alicyclic amines) is 1. The fraction of sp³-hybridized carbons (Fsp3) is 0.500. The molecule has 172 valence electrons. The van der Waals surface area contributed by atoms with Gasteiger partial charge in [0.05, 0.1) is 18.0 Å². The number of hydrogen-bond donors (Lipinski definition) is 2. The summed E-state index contributed by atoms with van der Waals surface area (Å²) in [4.78, 5) is 27.0. The second-order valence-corrected chi connectivity index (χ2v) is 10.2. The van der Waals surface area contributed by atoms with Gasteiger partial charge in [0.25, 0.3) is 5.91 Å². The third-order valence-corrected chi connectivity index (χ3v) is 7.80. The minimum Gasteiger partial charge on any atom is -0.365 e. The molecule has 1 aromatic heterocycles. The molecule has 0 unspecified atom stereocenters. The van der Waals surface area contributed by atoms with E-state index in [0.29, 0.717) is 35.5 Å². The van der Waals surface area contributed by atoms with E-state index in [9.17, 15) is 14.9 Å². The molecule has 2 amide bonds. The highest BCUT2D eigenvalue weighted by Gasteiger charge is 2.50. The normalized spacial score (nSPS) is 25.6. The second kappa shape index (κ2) is 8.38. The van der Waals surface area contributed by atoms with Crippen LogP contribution in [0, 0.1) is 28.6 Å². The Morgan fingerprint density at radius 3 is 2.55 bits per heavy atom. The number of rotatable bonds is 5. The number of anilines is 2. The van der Waals surface area contributed by atoms with E-state index in [1.165, 1.54) is 19.3 Å². The molecular formula is C24H27ClN6O2. The number of nitrogens with one attached hydrogen (secondary N) is 1. The quantitative estimate of drug-likeness (QED) is 0.693. The monoisotopic (exact) mass is 466 g/mol. The maximum atomic E-state index is 13.0. The number of hydrogen-bond acceptors (Lipinski definition) is 5. The van der Waals surface area contributed by atoms with Crippen molar-refractivity contribution in [3.63, 3.8) is 0 Å². The summed E-state index contributed by atoms with van der Waals surface area (Å²) in [5, 5.41) is 18.2. The van der Waals surface area contributed by atoms with Gasteiger partial charge >= 0.3 is 0 Å². The number of carbonyl (C=O) groups is 2. The van der Waals surface area contributed by atoms with Crippen LogP contribution in [0.4, 0.5) is 11.5 Å². The molecule has 1 aromatic carbocycles.